The van der Waals surface area contributed by atoms with Gasteiger partial charge in [-0.3, -0.25) is 0 Å². The van der Waals surface area contributed by atoms with E-state index >= 15 is 0 Å². The van der Waals surface area contributed by atoms with Gasteiger partial charge >= 0.3 is 0 Å². The Morgan fingerprint density at radius 1 is 1.29 bits per heavy atom. The molecule has 2 aromatic rings. The molecule has 0 spiro atoms. The Kier molecular flexibility index (Phi) is 3.86. The molecular formula is C13H17N3S. The van der Waals surface area contributed by atoms with Gasteiger partial charge in [0.15, 0.2) is 0 Å². The van der Waals surface area contributed by atoms with Crippen molar-refractivity contribution in [2.24, 2.45) is 12.8 Å². The van der Waals surface area contributed by atoms with E-state index in [-0.39, 0.29) is 0 Å². The largest absolute Gasteiger partial charge is 0.336 e. The molecule has 0 atom stereocenters. The van der Waals surface area contributed by atoms with Gasteiger partial charge in [-0.1, -0.05) is 19.1 Å². The predicted molar refractivity (Wildman–Crippen MR) is 72.9 cm³/mol. The van der Waals surface area contributed by atoms with Crippen LogP contribution in [0.15, 0.2) is 35.5 Å². The van der Waals surface area contributed by atoms with Crippen LogP contribution in [0.4, 0.5) is 0 Å². The van der Waals surface area contributed by atoms with Crippen LogP contribution in [-0.2, 0) is 13.6 Å². The summed E-state index contributed by atoms with van der Waals surface area (Å²) in [5.74, 6) is 1.09. The minimum absolute atomic E-state index is 0.511. The summed E-state index contributed by atoms with van der Waals surface area (Å²) in [4.78, 5) is 5.70. The molecule has 4 heteroatoms. The van der Waals surface area contributed by atoms with Crippen molar-refractivity contribution in [3.05, 3.63) is 36.3 Å². The second kappa shape index (κ2) is 5.38. The van der Waals surface area contributed by atoms with Gasteiger partial charge < -0.3 is 10.3 Å². The quantitative estimate of drug-likeness (QED) is 0.845. The van der Waals surface area contributed by atoms with E-state index in [0.29, 0.717) is 6.54 Å². The van der Waals surface area contributed by atoms with Crippen LogP contribution < -0.4 is 5.73 Å². The number of benzene rings is 1. The van der Waals surface area contributed by atoms with E-state index in [1.807, 2.05) is 29.7 Å². The van der Waals surface area contributed by atoms with Crippen LogP contribution in [0, 0.1) is 0 Å². The molecule has 3 nitrogen and oxygen atoms in total. The fourth-order valence-corrected chi connectivity index (χ4v) is 2.47. The van der Waals surface area contributed by atoms with E-state index in [9.17, 15) is 0 Å². The van der Waals surface area contributed by atoms with Gasteiger partial charge in [-0.25, -0.2) is 4.98 Å². The molecule has 0 amide bonds. The average molecular weight is 247 g/mol. The molecule has 0 unspecified atom stereocenters. The molecule has 0 aliphatic heterocycles. The first-order valence-electron chi connectivity index (χ1n) is 5.69. The second-order valence-electron chi connectivity index (χ2n) is 3.81. The molecule has 1 aromatic heterocycles. The average Bonchev–Trinajstić information content (AvgIpc) is 2.72. The Morgan fingerprint density at radius 3 is 2.59 bits per heavy atom. The number of aromatic nitrogens is 2. The molecule has 90 valence electrons. The number of hydrogen-bond acceptors (Lipinski definition) is 3. The molecule has 0 radical (unpaired) electrons. The van der Waals surface area contributed by atoms with Crippen molar-refractivity contribution >= 4 is 11.8 Å². The van der Waals surface area contributed by atoms with Gasteiger partial charge in [-0.2, -0.15) is 0 Å². The molecular weight excluding hydrogens is 230 g/mol. The number of imidazole rings is 1. The van der Waals surface area contributed by atoms with E-state index in [1.54, 1.807) is 0 Å². The minimum Gasteiger partial charge on any atom is -0.336 e. The summed E-state index contributed by atoms with van der Waals surface area (Å²) in [5.41, 5.74) is 8.94. The number of thioether (sulfide) groups is 1. The van der Waals surface area contributed by atoms with Crippen molar-refractivity contribution < 1.29 is 0 Å². The Labute approximate surface area is 106 Å². The highest BCUT2D eigenvalue weighted by atomic mass is 32.2. The summed E-state index contributed by atoms with van der Waals surface area (Å²) in [5, 5.41) is 0. The monoisotopic (exact) mass is 247 g/mol. The standard InChI is InChI=1S/C13H17N3S/c1-3-17-11-6-4-10(5-7-11)13-12(8-14)16(2)9-15-13/h4-7,9H,3,8,14H2,1-2H3. The number of nitrogens with two attached hydrogens (primary N) is 1. The Bertz CT molecular complexity index is 488. The van der Waals surface area contributed by atoms with Gasteiger partial charge in [0, 0.05) is 24.1 Å². The number of nitrogens with zero attached hydrogens (tertiary/aromatic N) is 2. The highest BCUT2D eigenvalue weighted by molar-refractivity contribution is 7.99. The van der Waals surface area contributed by atoms with Crippen LogP contribution >= 0.6 is 11.8 Å². The van der Waals surface area contributed by atoms with Crippen LogP contribution in [0.5, 0.6) is 0 Å². The molecule has 2 N–H and O–H groups in total. The molecule has 0 aliphatic carbocycles. The first-order chi connectivity index (χ1) is 8.26. The summed E-state index contributed by atoms with van der Waals surface area (Å²) < 4.78 is 1.98. The van der Waals surface area contributed by atoms with Crippen molar-refractivity contribution in [2.75, 3.05) is 5.75 Å². The van der Waals surface area contributed by atoms with Gasteiger partial charge in [-0.15, -0.1) is 11.8 Å². The highest BCUT2D eigenvalue weighted by Crippen LogP contribution is 2.25. The third-order valence-corrected chi connectivity index (χ3v) is 3.59. The maximum atomic E-state index is 5.75. The van der Waals surface area contributed by atoms with Crippen molar-refractivity contribution in [1.82, 2.24) is 9.55 Å². The van der Waals surface area contributed by atoms with E-state index in [2.05, 4.69) is 36.2 Å². The fraction of sp³-hybridized carbons (Fsp3) is 0.308. The smallest absolute Gasteiger partial charge is 0.0953 e. The Balaban J connectivity index is 2.33. The lowest BCUT2D eigenvalue weighted by atomic mass is 10.1. The SMILES string of the molecule is CCSc1ccc(-c2ncn(C)c2CN)cc1. The fourth-order valence-electron chi connectivity index (χ4n) is 1.81. The molecule has 0 saturated carbocycles. The Hall–Kier alpha value is -1.26. The first kappa shape index (κ1) is 12.2. The zero-order valence-electron chi connectivity index (χ0n) is 10.2. The van der Waals surface area contributed by atoms with E-state index < -0.39 is 0 Å². The summed E-state index contributed by atoms with van der Waals surface area (Å²) in [7, 11) is 1.97. The van der Waals surface area contributed by atoms with Gasteiger partial charge in [0.2, 0.25) is 0 Å². The molecule has 1 aromatic carbocycles. The molecule has 0 bridgehead atoms. The third-order valence-electron chi connectivity index (χ3n) is 2.69. The summed E-state index contributed by atoms with van der Waals surface area (Å²) >= 11 is 1.84. The first-order valence-corrected chi connectivity index (χ1v) is 6.68. The summed E-state index contributed by atoms with van der Waals surface area (Å²) in [6, 6.07) is 8.50. The van der Waals surface area contributed by atoms with Crippen molar-refractivity contribution in [3.63, 3.8) is 0 Å². The predicted octanol–water partition coefficient (Wildman–Crippen LogP) is 2.66. The molecule has 2 rings (SSSR count). The van der Waals surface area contributed by atoms with E-state index in [4.69, 9.17) is 5.73 Å². The number of hydrogen-bond donors (Lipinski definition) is 1. The highest BCUT2D eigenvalue weighted by Gasteiger charge is 2.09. The topological polar surface area (TPSA) is 43.8 Å². The molecule has 0 saturated heterocycles. The molecule has 0 aliphatic rings. The lowest BCUT2D eigenvalue weighted by molar-refractivity contribution is 0.822. The summed E-state index contributed by atoms with van der Waals surface area (Å²) in [6.07, 6.45) is 1.81. The maximum Gasteiger partial charge on any atom is 0.0953 e. The number of rotatable bonds is 4. The van der Waals surface area contributed by atoms with Gasteiger partial charge in [0.05, 0.1) is 17.7 Å². The lowest BCUT2D eigenvalue weighted by Crippen LogP contribution is -2.04. The van der Waals surface area contributed by atoms with Gasteiger partial charge in [-0.05, 0) is 17.9 Å². The lowest BCUT2D eigenvalue weighted by Gasteiger charge is -2.04. The van der Waals surface area contributed by atoms with Gasteiger partial charge in [0.1, 0.15) is 0 Å². The molecule has 17 heavy (non-hydrogen) atoms. The van der Waals surface area contributed by atoms with E-state index in [0.717, 1.165) is 22.7 Å². The van der Waals surface area contributed by atoms with E-state index in [1.165, 1.54) is 4.90 Å². The number of aryl methyl sites for hydroxylation is 1. The normalized spacial score (nSPS) is 10.8. The zero-order chi connectivity index (χ0) is 12.3. The van der Waals surface area contributed by atoms with Crippen LogP contribution in [0.2, 0.25) is 0 Å². The minimum atomic E-state index is 0.511. The van der Waals surface area contributed by atoms with Crippen LogP contribution in [0.25, 0.3) is 11.3 Å². The third kappa shape index (κ3) is 2.53. The molecule has 1 heterocycles. The van der Waals surface area contributed by atoms with Crippen LogP contribution in [0.1, 0.15) is 12.6 Å². The van der Waals surface area contributed by atoms with Crippen LogP contribution in [0.3, 0.4) is 0 Å². The van der Waals surface area contributed by atoms with Crippen molar-refractivity contribution in [3.8, 4) is 11.3 Å². The Morgan fingerprint density at radius 2 is 2.00 bits per heavy atom. The zero-order valence-corrected chi connectivity index (χ0v) is 11.0. The maximum absolute atomic E-state index is 5.75. The molecule has 0 fully saturated rings. The summed E-state index contributed by atoms with van der Waals surface area (Å²) in [6.45, 7) is 2.67. The van der Waals surface area contributed by atoms with Crippen molar-refractivity contribution in [1.29, 1.82) is 0 Å². The second-order valence-corrected chi connectivity index (χ2v) is 5.15. The van der Waals surface area contributed by atoms with Gasteiger partial charge in [0.25, 0.3) is 0 Å². The van der Waals surface area contributed by atoms with Crippen LogP contribution in [-0.4, -0.2) is 15.3 Å². The van der Waals surface area contributed by atoms with Crippen molar-refractivity contribution in [2.45, 2.75) is 18.4 Å².